The highest BCUT2D eigenvalue weighted by atomic mass is 35.5. The van der Waals surface area contributed by atoms with Crippen molar-refractivity contribution in [1.82, 2.24) is 5.32 Å². The third kappa shape index (κ3) is 4.27. The number of methoxy groups -OCH3 is 2. The first-order chi connectivity index (χ1) is 10.2. The van der Waals surface area contributed by atoms with Crippen LogP contribution in [0.4, 0.5) is 0 Å². The van der Waals surface area contributed by atoms with Crippen LogP contribution < -0.4 is 14.8 Å². The number of nitrogens with one attached hydrogen (secondary N) is 1. The molecule has 1 atom stereocenters. The van der Waals surface area contributed by atoms with Crippen molar-refractivity contribution in [2.24, 2.45) is 5.92 Å². The molecule has 0 aromatic heterocycles. The van der Waals surface area contributed by atoms with Crippen LogP contribution in [-0.2, 0) is 6.54 Å². The molecule has 21 heavy (non-hydrogen) atoms. The Morgan fingerprint density at radius 1 is 1.19 bits per heavy atom. The van der Waals surface area contributed by atoms with Gasteiger partial charge in [-0.15, -0.1) is 0 Å². The second kappa shape index (κ2) is 7.90. The second-order valence-corrected chi connectivity index (χ2v) is 6.29. The van der Waals surface area contributed by atoms with Crippen molar-refractivity contribution in [3.05, 3.63) is 22.7 Å². The van der Waals surface area contributed by atoms with Gasteiger partial charge in [0.15, 0.2) is 11.5 Å². The van der Waals surface area contributed by atoms with Gasteiger partial charge < -0.3 is 14.8 Å². The average molecular weight is 312 g/mol. The molecule has 2 rings (SSSR count). The van der Waals surface area contributed by atoms with Gasteiger partial charge in [0.25, 0.3) is 0 Å². The maximum atomic E-state index is 6.24. The molecule has 0 bridgehead atoms. The molecule has 1 fully saturated rings. The SMILES string of the molecule is COc1cc(CN[C@@H](C)C2CCCCC2)cc(Cl)c1OC. The molecule has 0 aliphatic heterocycles. The first-order valence-electron chi connectivity index (χ1n) is 7.79. The number of hydrogen-bond donors (Lipinski definition) is 1. The van der Waals surface area contributed by atoms with Crippen LogP contribution in [0.1, 0.15) is 44.6 Å². The van der Waals surface area contributed by atoms with Gasteiger partial charge in [-0.3, -0.25) is 0 Å². The summed E-state index contributed by atoms with van der Waals surface area (Å²) in [6.07, 6.45) is 6.84. The van der Waals surface area contributed by atoms with E-state index in [-0.39, 0.29) is 0 Å². The molecule has 1 saturated carbocycles. The van der Waals surface area contributed by atoms with Crippen LogP contribution in [-0.4, -0.2) is 20.3 Å². The summed E-state index contributed by atoms with van der Waals surface area (Å²) < 4.78 is 10.6. The molecule has 1 N–H and O–H groups in total. The lowest BCUT2D eigenvalue weighted by Gasteiger charge is -2.28. The van der Waals surface area contributed by atoms with Crippen molar-refractivity contribution in [1.29, 1.82) is 0 Å². The average Bonchev–Trinajstić information content (AvgIpc) is 2.52. The maximum absolute atomic E-state index is 6.24. The Bertz CT molecular complexity index is 458. The molecule has 3 nitrogen and oxygen atoms in total. The number of hydrogen-bond acceptors (Lipinski definition) is 3. The van der Waals surface area contributed by atoms with Crippen LogP contribution in [0.5, 0.6) is 11.5 Å². The standard InChI is InChI=1S/C17H26ClNO2/c1-12(14-7-5-4-6-8-14)19-11-13-9-15(18)17(21-3)16(10-13)20-2/h9-10,12,14,19H,4-8,11H2,1-3H3/t12-/m0/s1. The summed E-state index contributed by atoms with van der Waals surface area (Å²) in [6, 6.07) is 4.48. The molecule has 1 aliphatic carbocycles. The van der Waals surface area contributed by atoms with E-state index in [0.717, 1.165) is 18.0 Å². The molecule has 118 valence electrons. The number of rotatable bonds is 6. The Balaban J connectivity index is 1.97. The topological polar surface area (TPSA) is 30.5 Å². The lowest BCUT2D eigenvalue weighted by atomic mass is 9.84. The largest absolute Gasteiger partial charge is 0.493 e. The molecule has 0 radical (unpaired) electrons. The Labute approximate surface area is 133 Å². The summed E-state index contributed by atoms with van der Waals surface area (Å²) in [6.45, 7) is 3.09. The van der Waals surface area contributed by atoms with Crippen molar-refractivity contribution < 1.29 is 9.47 Å². The van der Waals surface area contributed by atoms with Gasteiger partial charge in [-0.2, -0.15) is 0 Å². The minimum atomic E-state index is 0.539. The summed E-state index contributed by atoms with van der Waals surface area (Å²) in [7, 11) is 3.24. The fourth-order valence-corrected chi connectivity index (χ4v) is 3.46. The highest BCUT2D eigenvalue weighted by molar-refractivity contribution is 6.32. The smallest absolute Gasteiger partial charge is 0.179 e. The summed E-state index contributed by atoms with van der Waals surface area (Å²) in [5, 5.41) is 4.23. The van der Waals surface area contributed by atoms with E-state index in [1.807, 2.05) is 12.1 Å². The molecule has 4 heteroatoms. The Morgan fingerprint density at radius 2 is 1.90 bits per heavy atom. The summed E-state index contributed by atoms with van der Waals surface area (Å²) in [5.41, 5.74) is 1.13. The number of benzene rings is 1. The molecule has 0 spiro atoms. The van der Waals surface area contributed by atoms with Gasteiger partial charge in [-0.25, -0.2) is 0 Å². The number of halogens is 1. The van der Waals surface area contributed by atoms with Gasteiger partial charge in [0, 0.05) is 12.6 Å². The van der Waals surface area contributed by atoms with E-state index >= 15 is 0 Å². The van der Waals surface area contributed by atoms with Crippen molar-refractivity contribution in [2.75, 3.05) is 14.2 Å². The van der Waals surface area contributed by atoms with E-state index in [2.05, 4.69) is 12.2 Å². The van der Waals surface area contributed by atoms with Crippen molar-refractivity contribution >= 4 is 11.6 Å². The van der Waals surface area contributed by atoms with Gasteiger partial charge >= 0.3 is 0 Å². The van der Waals surface area contributed by atoms with E-state index in [9.17, 15) is 0 Å². The summed E-state index contributed by atoms with van der Waals surface area (Å²) >= 11 is 6.24. The van der Waals surface area contributed by atoms with Gasteiger partial charge in [0.05, 0.1) is 19.2 Å². The molecule has 0 unspecified atom stereocenters. The fourth-order valence-electron chi connectivity index (χ4n) is 3.15. The monoisotopic (exact) mass is 311 g/mol. The Hall–Kier alpha value is -0.930. The first-order valence-corrected chi connectivity index (χ1v) is 8.17. The van der Waals surface area contributed by atoms with Crippen LogP contribution in [0.2, 0.25) is 5.02 Å². The predicted octanol–water partition coefficient (Wildman–Crippen LogP) is 4.42. The van der Waals surface area contributed by atoms with Gasteiger partial charge in [-0.1, -0.05) is 30.9 Å². The molecule has 1 aliphatic rings. The Morgan fingerprint density at radius 3 is 2.52 bits per heavy atom. The predicted molar refractivity (Wildman–Crippen MR) is 87.4 cm³/mol. The van der Waals surface area contributed by atoms with Crippen LogP contribution in [0.15, 0.2) is 12.1 Å². The van der Waals surface area contributed by atoms with E-state index in [1.54, 1.807) is 14.2 Å². The Kier molecular flexibility index (Phi) is 6.19. The molecular formula is C17H26ClNO2. The van der Waals surface area contributed by atoms with Gasteiger partial charge in [0.2, 0.25) is 0 Å². The van der Waals surface area contributed by atoms with Crippen LogP contribution in [0.25, 0.3) is 0 Å². The highest BCUT2D eigenvalue weighted by Crippen LogP contribution is 2.36. The van der Waals surface area contributed by atoms with Gasteiger partial charge in [-0.05, 0) is 43.4 Å². The second-order valence-electron chi connectivity index (χ2n) is 5.88. The van der Waals surface area contributed by atoms with Crippen LogP contribution in [0.3, 0.4) is 0 Å². The first kappa shape index (κ1) is 16.4. The summed E-state index contributed by atoms with van der Waals surface area (Å²) in [5.74, 6) is 2.09. The highest BCUT2D eigenvalue weighted by Gasteiger charge is 2.19. The quantitative estimate of drug-likeness (QED) is 0.844. The molecular weight excluding hydrogens is 286 g/mol. The fraction of sp³-hybridized carbons (Fsp3) is 0.647. The molecule has 0 amide bonds. The van der Waals surface area contributed by atoms with Crippen LogP contribution in [0, 0.1) is 5.92 Å². The third-order valence-corrected chi connectivity index (χ3v) is 4.76. The van der Waals surface area contributed by atoms with Crippen LogP contribution >= 0.6 is 11.6 Å². The van der Waals surface area contributed by atoms with Crippen molar-refractivity contribution in [3.63, 3.8) is 0 Å². The maximum Gasteiger partial charge on any atom is 0.179 e. The van der Waals surface area contributed by atoms with Crippen molar-refractivity contribution in [3.8, 4) is 11.5 Å². The zero-order valence-electron chi connectivity index (χ0n) is 13.2. The van der Waals surface area contributed by atoms with E-state index in [4.69, 9.17) is 21.1 Å². The zero-order valence-corrected chi connectivity index (χ0v) is 14.0. The molecule has 0 heterocycles. The lowest BCUT2D eigenvalue weighted by molar-refractivity contribution is 0.280. The molecule has 0 saturated heterocycles. The number of ether oxygens (including phenoxy) is 2. The summed E-state index contributed by atoms with van der Waals surface area (Å²) in [4.78, 5) is 0. The van der Waals surface area contributed by atoms with E-state index in [0.29, 0.717) is 22.6 Å². The zero-order chi connectivity index (χ0) is 15.2. The minimum Gasteiger partial charge on any atom is -0.493 e. The lowest BCUT2D eigenvalue weighted by Crippen LogP contribution is -2.34. The van der Waals surface area contributed by atoms with E-state index < -0.39 is 0 Å². The van der Waals surface area contributed by atoms with Gasteiger partial charge in [0.1, 0.15) is 0 Å². The normalized spacial score (nSPS) is 17.5. The van der Waals surface area contributed by atoms with E-state index in [1.165, 1.54) is 32.1 Å². The molecule has 1 aromatic rings. The molecule has 1 aromatic carbocycles. The minimum absolute atomic E-state index is 0.539. The van der Waals surface area contributed by atoms with Crippen molar-refractivity contribution in [2.45, 2.75) is 51.6 Å². The third-order valence-electron chi connectivity index (χ3n) is 4.48.